The topological polar surface area (TPSA) is 72.6 Å². The molecule has 0 spiro atoms. The molecule has 22 heavy (non-hydrogen) atoms. The Morgan fingerprint density at radius 3 is 2.77 bits per heavy atom. The van der Waals surface area contributed by atoms with Gasteiger partial charge in [-0.15, -0.1) is 0 Å². The second-order valence-corrected chi connectivity index (χ2v) is 6.28. The maximum Gasteiger partial charge on any atom is 0.260 e. The Bertz CT molecular complexity index is 580. The molecular weight excluding hydrogens is 327 g/mol. The van der Waals surface area contributed by atoms with Gasteiger partial charge in [0, 0.05) is 23.7 Å². The summed E-state index contributed by atoms with van der Waals surface area (Å²) in [5.74, 6) is -0.508. The van der Waals surface area contributed by atoms with E-state index in [1.807, 2.05) is 6.92 Å². The third-order valence-corrected chi connectivity index (χ3v) is 4.40. The first kappa shape index (κ1) is 16.9. The van der Waals surface area contributed by atoms with E-state index in [1.165, 1.54) is 0 Å². The number of benzene rings is 1. The minimum Gasteiger partial charge on any atom is -0.482 e. The number of primary amides is 1. The quantitative estimate of drug-likeness (QED) is 0.911. The van der Waals surface area contributed by atoms with Crippen molar-refractivity contribution < 1.29 is 14.3 Å². The number of hydrogen-bond acceptors (Lipinski definition) is 3. The van der Waals surface area contributed by atoms with E-state index < -0.39 is 0 Å². The van der Waals surface area contributed by atoms with E-state index in [9.17, 15) is 9.59 Å². The van der Waals surface area contributed by atoms with Gasteiger partial charge >= 0.3 is 0 Å². The Hall–Kier alpha value is -1.46. The standard InChI is InChI=1S/C15H18Cl2N2O3/c1-9-2-3-10(15(18)21)7-19(9)14(20)8-22-13-6-11(16)4-5-12(13)17/h4-6,9-10H,2-3,7-8H2,1H3,(H2,18,21). The number of amides is 2. The number of piperidine rings is 1. The van der Waals surface area contributed by atoms with Crippen LogP contribution >= 0.6 is 23.2 Å². The molecule has 2 N–H and O–H groups in total. The number of hydrogen-bond donors (Lipinski definition) is 1. The number of nitrogens with two attached hydrogens (primary N) is 1. The van der Waals surface area contributed by atoms with E-state index in [0.29, 0.717) is 28.8 Å². The fourth-order valence-electron chi connectivity index (χ4n) is 2.50. The largest absolute Gasteiger partial charge is 0.482 e. The summed E-state index contributed by atoms with van der Waals surface area (Å²) in [5.41, 5.74) is 5.34. The van der Waals surface area contributed by atoms with E-state index in [2.05, 4.69) is 0 Å². The first-order valence-electron chi connectivity index (χ1n) is 7.05. The molecule has 0 radical (unpaired) electrons. The molecular formula is C15H18Cl2N2O3. The minimum absolute atomic E-state index is 0.0570. The molecule has 1 saturated heterocycles. The predicted octanol–water partition coefficient (Wildman–Crippen LogP) is 2.48. The molecule has 7 heteroatoms. The van der Waals surface area contributed by atoms with Crippen LogP contribution in [0.4, 0.5) is 0 Å². The summed E-state index contributed by atoms with van der Waals surface area (Å²) in [5, 5.41) is 0.867. The van der Waals surface area contributed by atoms with Crippen LogP contribution in [0.25, 0.3) is 0 Å². The van der Waals surface area contributed by atoms with Crippen molar-refractivity contribution in [1.82, 2.24) is 4.90 Å². The van der Waals surface area contributed by atoms with Gasteiger partial charge in [0.2, 0.25) is 5.91 Å². The molecule has 1 aromatic rings. The molecule has 1 fully saturated rings. The Balaban J connectivity index is 1.98. The normalized spacial score (nSPS) is 21.5. The van der Waals surface area contributed by atoms with Crippen molar-refractivity contribution in [2.75, 3.05) is 13.2 Å². The average molecular weight is 345 g/mol. The Kier molecular flexibility index (Phi) is 5.53. The molecule has 120 valence electrons. The van der Waals surface area contributed by atoms with Crippen LogP contribution in [0.2, 0.25) is 10.0 Å². The van der Waals surface area contributed by atoms with Crippen LogP contribution in [0.1, 0.15) is 19.8 Å². The van der Waals surface area contributed by atoms with Crippen molar-refractivity contribution in [3.63, 3.8) is 0 Å². The van der Waals surface area contributed by atoms with Gasteiger partial charge < -0.3 is 15.4 Å². The SMILES string of the molecule is CC1CCC(C(N)=O)CN1C(=O)COc1cc(Cl)ccc1Cl. The third kappa shape index (κ3) is 4.05. The molecule has 0 saturated carbocycles. The van der Waals surface area contributed by atoms with E-state index in [-0.39, 0.29) is 30.4 Å². The molecule has 1 aliphatic heterocycles. The van der Waals surface area contributed by atoms with Crippen molar-refractivity contribution >= 4 is 35.0 Å². The highest BCUT2D eigenvalue weighted by Crippen LogP contribution is 2.28. The van der Waals surface area contributed by atoms with Crippen molar-refractivity contribution in [2.24, 2.45) is 11.7 Å². The monoisotopic (exact) mass is 344 g/mol. The second-order valence-electron chi connectivity index (χ2n) is 5.44. The number of rotatable bonds is 4. The van der Waals surface area contributed by atoms with Gasteiger partial charge in [-0.3, -0.25) is 9.59 Å². The number of carbonyl (C=O) groups is 2. The third-order valence-electron chi connectivity index (χ3n) is 3.85. The maximum absolute atomic E-state index is 12.3. The molecule has 2 amide bonds. The zero-order chi connectivity index (χ0) is 16.3. The first-order valence-corrected chi connectivity index (χ1v) is 7.80. The van der Waals surface area contributed by atoms with Crippen molar-refractivity contribution in [3.05, 3.63) is 28.2 Å². The lowest BCUT2D eigenvalue weighted by Gasteiger charge is -2.36. The van der Waals surface area contributed by atoms with E-state index in [1.54, 1.807) is 23.1 Å². The fraction of sp³-hybridized carbons (Fsp3) is 0.467. The Morgan fingerprint density at radius 1 is 1.36 bits per heavy atom. The van der Waals surface area contributed by atoms with E-state index >= 15 is 0 Å². The number of carbonyl (C=O) groups excluding carboxylic acids is 2. The number of ether oxygens (including phenoxy) is 1. The molecule has 1 heterocycles. The van der Waals surface area contributed by atoms with Crippen molar-refractivity contribution in [1.29, 1.82) is 0 Å². The summed E-state index contributed by atoms with van der Waals surface area (Å²) in [6.07, 6.45) is 1.46. The van der Waals surface area contributed by atoms with Gasteiger partial charge in [0.25, 0.3) is 5.91 Å². The molecule has 1 aromatic carbocycles. The maximum atomic E-state index is 12.3. The van der Waals surface area contributed by atoms with Crippen molar-refractivity contribution in [2.45, 2.75) is 25.8 Å². The fourth-order valence-corrected chi connectivity index (χ4v) is 2.83. The van der Waals surface area contributed by atoms with Crippen LogP contribution in [-0.2, 0) is 9.59 Å². The van der Waals surface area contributed by atoms with Crippen LogP contribution in [0, 0.1) is 5.92 Å². The Labute approximate surface area is 139 Å². The Morgan fingerprint density at radius 2 is 2.09 bits per heavy atom. The molecule has 2 atom stereocenters. The summed E-state index contributed by atoms with van der Waals surface area (Å²) in [6, 6.07) is 4.86. The van der Waals surface area contributed by atoms with Gasteiger partial charge in [-0.1, -0.05) is 23.2 Å². The van der Waals surface area contributed by atoms with E-state index in [4.69, 9.17) is 33.7 Å². The minimum atomic E-state index is -0.372. The highest BCUT2D eigenvalue weighted by atomic mass is 35.5. The van der Waals surface area contributed by atoms with Gasteiger partial charge in [0.05, 0.1) is 10.9 Å². The smallest absolute Gasteiger partial charge is 0.260 e. The number of halogens is 2. The van der Waals surface area contributed by atoms with Gasteiger partial charge in [0.15, 0.2) is 6.61 Å². The molecule has 5 nitrogen and oxygen atoms in total. The summed E-state index contributed by atoms with van der Waals surface area (Å²) in [4.78, 5) is 25.3. The van der Waals surface area contributed by atoms with Crippen molar-refractivity contribution in [3.8, 4) is 5.75 Å². The number of nitrogens with zero attached hydrogens (tertiary/aromatic N) is 1. The lowest BCUT2D eigenvalue weighted by atomic mass is 9.93. The average Bonchev–Trinajstić information content (AvgIpc) is 2.48. The van der Waals surface area contributed by atoms with Crippen LogP contribution < -0.4 is 10.5 Å². The van der Waals surface area contributed by atoms with Gasteiger partial charge in [-0.05, 0) is 31.9 Å². The molecule has 1 aliphatic rings. The summed E-state index contributed by atoms with van der Waals surface area (Å²) >= 11 is 11.9. The highest BCUT2D eigenvalue weighted by molar-refractivity contribution is 6.34. The predicted molar refractivity (Wildman–Crippen MR) is 85.1 cm³/mol. The van der Waals surface area contributed by atoms with Crippen LogP contribution in [-0.4, -0.2) is 35.9 Å². The zero-order valence-electron chi connectivity index (χ0n) is 12.2. The highest BCUT2D eigenvalue weighted by Gasteiger charge is 2.31. The molecule has 2 rings (SSSR count). The van der Waals surface area contributed by atoms with Gasteiger partial charge in [-0.25, -0.2) is 0 Å². The molecule has 2 unspecified atom stereocenters. The molecule has 0 aliphatic carbocycles. The molecule has 0 aromatic heterocycles. The molecule has 0 bridgehead atoms. The number of likely N-dealkylation sites (tertiary alicyclic amines) is 1. The van der Waals surface area contributed by atoms with E-state index in [0.717, 1.165) is 6.42 Å². The first-order chi connectivity index (χ1) is 10.4. The summed E-state index contributed by atoms with van der Waals surface area (Å²) < 4.78 is 5.45. The van der Waals surface area contributed by atoms with Crippen LogP contribution in [0.15, 0.2) is 18.2 Å². The van der Waals surface area contributed by atoms with Crippen LogP contribution in [0.5, 0.6) is 5.75 Å². The van der Waals surface area contributed by atoms with Crippen LogP contribution in [0.3, 0.4) is 0 Å². The zero-order valence-corrected chi connectivity index (χ0v) is 13.7. The second kappa shape index (κ2) is 7.20. The van der Waals surface area contributed by atoms with Gasteiger partial charge in [-0.2, -0.15) is 0 Å². The summed E-state index contributed by atoms with van der Waals surface area (Å²) in [6.45, 7) is 2.12. The lowest BCUT2D eigenvalue weighted by molar-refractivity contribution is -0.139. The lowest BCUT2D eigenvalue weighted by Crippen LogP contribution is -2.50. The summed E-state index contributed by atoms with van der Waals surface area (Å²) in [7, 11) is 0. The van der Waals surface area contributed by atoms with Gasteiger partial charge in [0.1, 0.15) is 5.75 Å².